The predicted octanol–water partition coefficient (Wildman–Crippen LogP) is 4.03. The van der Waals surface area contributed by atoms with Gasteiger partial charge in [0.1, 0.15) is 17.1 Å². The maximum Gasteiger partial charge on any atom is 0.261 e. The largest absolute Gasteiger partial charge is 0.495 e. The van der Waals surface area contributed by atoms with Crippen molar-refractivity contribution in [3.05, 3.63) is 34.2 Å². The molecule has 124 valence electrons. The van der Waals surface area contributed by atoms with Crippen LogP contribution in [0.2, 0.25) is 5.02 Å². The van der Waals surface area contributed by atoms with Crippen molar-refractivity contribution in [2.75, 3.05) is 19.5 Å². The lowest BCUT2D eigenvalue weighted by molar-refractivity contribution is 0.102. The van der Waals surface area contributed by atoms with Crippen LogP contribution in [-0.4, -0.2) is 25.3 Å². The Balaban J connectivity index is 2.38. The van der Waals surface area contributed by atoms with Gasteiger partial charge in [-0.3, -0.25) is 4.79 Å². The minimum atomic E-state index is -0.327. The van der Waals surface area contributed by atoms with Crippen LogP contribution in [0.15, 0.2) is 16.7 Å². The molecule has 0 fully saturated rings. The van der Waals surface area contributed by atoms with E-state index in [2.05, 4.69) is 10.5 Å². The van der Waals surface area contributed by atoms with Gasteiger partial charge in [0.2, 0.25) is 0 Å². The third-order valence-corrected chi connectivity index (χ3v) is 3.66. The number of amides is 1. The molecule has 0 aliphatic rings. The van der Waals surface area contributed by atoms with Gasteiger partial charge in [-0.25, -0.2) is 0 Å². The first-order valence-corrected chi connectivity index (χ1v) is 7.45. The lowest BCUT2D eigenvalue weighted by Crippen LogP contribution is -2.15. The number of hydrogen-bond donors (Lipinski definition) is 1. The highest BCUT2D eigenvalue weighted by Gasteiger charge is 2.23. The minimum absolute atomic E-state index is 0.0401. The number of rotatable bonds is 5. The van der Waals surface area contributed by atoms with Crippen LogP contribution in [0.4, 0.5) is 5.69 Å². The molecular formula is C16H19ClN2O4. The Morgan fingerprint density at radius 3 is 2.48 bits per heavy atom. The van der Waals surface area contributed by atoms with Gasteiger partial charge in [0.25, 0.3) is 5.91 Å². The van der Waals surface area contributed by atoms with Crippen molar-refractivity contribution in [3.63, 3.8) is 0 Å². The fraction of sp³-hybridized carbons (Fsp3) is 0.375. The summed E-state index contributed by atoms with van der Waals surface area (Å²) in [6, 6.07) is 3.19. The minimum Gasteiger partial charge on any atom is -0.495 e. The smallest absolute Gasteiger partial charge is 0.261 e. The van der Waals surface area contributed by atoms with Crippen LogP contribution in [0.1, 0.15) is 41.6 Å². The molecule has 0 unspecified atom stereocenters. The second-order valence-electron chi connectivity index (χ2n) is 5.30. The summed E-state index contributed by atoms with van der Waals surface area (Å²) in [6.45, 7) is 5.59. The van der Waals surface area contributed by atoms with Crippen LogP contribution in [0, 0.1) is 6.92 Å². The van der Waals surface area contributed by atoms with Crippen molar-refractivity contribution in [2.24, 2.45) is 0 Å². The summed E-state index contributed by atoms with van der Waals surface area (Å²) >= 11 is 6.12. The number of halogens is 1. The van der Waals surface area contributed by atoms with E-state index in [4.69, 9.17) is 25.6 Å². The van der Waals surface area contributed by atoms with Gasteiger partial charge < -0.3 is 19.3 Å². The number of aromatic nitrogens is 1. The first-order valence-electron chi connectivity index (χ1n) is 7.08. The van der Waals surface area contributed by atoms with Crippen molar-refractivity contribution in [1.82, 2.24) is 5.16 Å². The summed E-state index contributed by atoms with van der Waals surface area (Å²) in [5, 5.41) is 7.03. The Bertz CT molecular complexity index is 725. The molecule has 0 aliphatic carbocycles. The average Bonchev–Trinajstić information content (AvgIpc) is 2.89. The molecule has 1 N–H and O–H groups in total. The molecule has 2 rings (SSSR count). The van der Waals surface area contributed by atoms with Crippen LogP contribution in [0.5, 0.6) is 11.5 Å². The van der Waals surface area contributed by atoms with Gasteiger partial charge in [0.05, 0.1) is 30.6 Å². The molecule has 0 atom stereocenters. The highest BCUT2D eigenvalue weighted by Crippen LogP contribution is 2.36. The van der Waals surface area contributed by atoms with Gasteiger partial charge in [-0.2, -0.15) is 0 Å². The fourth-order valence-corrected chi connectivity index (χ4v) is 2.44. The SMILES string of the molecule is COc1cc(OC)c(NC(=O)c2c(C)noc2C(C)C)cc1Cl. The quantitative estimate of drug-likeness (QED) is 0.891. The van der Waals surface area contributed by atoms with E-state index in [0.717, 1.165) is 0 Å². The monoisotopic (exact) mass is 338 g/mol. The molecule has 1 aromatic carbocycles. The number of hydrogen-bond acceptors (Lipinski definition) is 5. The number of methoxy groups -OCH3 is 2. The van der Waals surface area contributed by atoms with Crippen LogP contribution in [0.25, 0.3) is 0 Å². The molecule has 0 saturated heterocycles. The molecule has 0 radical (unpaired) electrons. The molecule has 7 heteroatoms. The second-order valence-corrected chi connectivity index (χ2v) is 5.71. The van der Waals surface area contributed by atoms with E-state index in [9.17, 15) is 4.79 Å². The summed E-state index contributed by atoms with van der Waals surface area (Å²) in [7, 11) is 3.01. The van der Waals surface area contributed by atoms with E-state index in [-0.39, 0.29) is 11.8 Å². The summed E-state index contributed by atoms with van der Waals surface area (Å²) in [5.41, 5.74) is 1.40. The molecule has 23 heavy (non-hydrogen) atoms. The second kappa shape index (κ2) is 6.91. The van der Waals surface area contributed by atoms with Crippen molar-refractivity contribution in [2.45, 2.75) is 26.7 Å². The van der Waals surface area contributed by atoms with E-state index < -0.39 is 0 Å². The first-order chi connectivity index (χ1) is 10.9. The summed E-state index contributed by atoms with van der Waals surface area (Å²) in [5.74, 6) is 1.16. The molecule has 2 aromatic rings. The number of anilines is 1. The first kappa shape index (κ1) is 17.1. The predicted molar refractivity (Wildman–Crippen MR) is 87.8 cm³/mol. The molecule has 0 spiro atoms. The van der Waals surface area contributed by atoms with Crippen LogP contribution in [-0.2, 0) is 0 Å². The lowest BCUT2D eigenvalue weighted by Gasteiger charge is -2.13. The molecule has 1 aromatic heterocycles. The zero-order valence-corrected chi connectivity index (χ0v) is 14.4. The van der Waals surface area contributed by atoms with E-state index >= 15 is 0 Å². The zero-order chi connectivity index (χ0) is 17.1. The Morgan fingerprint density at radius 1 is 1.26 bits per heavy atom. The number of carbonyl (C=O) groups excluding carboxylic acids is 1. The van der Waals surface area contributed by atoms with Gasteiger partial charge in [0.15, 0.2) is 5.76 Å². The zero-order valence-electron chi connectivity index (χ0n) is 13.7. The summed E-state index contributed by atoms with van der Waals surface area (Å²) < 4.78 is 15.7. The molecular weight excluding hydrogens is 320 g/mol. The maximum atomic E-state index is 12.6. The number of nitrogens with one attached hydrogen (secondary N) is 1. The van der Waals surface area contributed by atoms with Crippen molar-refractivity contribution >= 4 is 23.2 Å². The van der Waals surface area contributed by atoms with Crippen molar-refractivity contribution in [1.29, 1.82) is 0 Å². The molecule has 1 amide bonds. The number of ether oxygens (including phenoxy) is 2. The highest BCUT2D eigenvalue weighted by atomic mass is 35.5. The Labute approximate surface area is 139 Å². The van der Waals surface area contributed by atoms with Crippen molar-refractivity contribution < 1.29 is 18.8 Å². The van der Waals surface area contributed by atoms with E-state index in [0.29, 0.717) is 39.2 Å². The van der Waals surface area contributed by atoms with Gasteiger partial charge in [-0.15, -0.1) is 0 Å². The molecule has 1 heterocycles. The lowest BCUT2D eigenvalue weighted by atomic mass is 10.0. The number of nitrogens with zero attached hydrogens (tertiary/aromatic N) is 1. The van der Waals surface area contributed by atoms with Gasteiger partial charge in [-0.05, 0) is 13.0 Å². The Hall–Kier alpha value is -2.21. The topological polar surface area (TPSA) is 73.6 Å². The molecule has 6 nitrogen and oxygen atoms in total. The summed E-state index contributed by atoms with van der Waals surface area (Å²) in [6.07, 6.45) is 0. The highest BCUT2D eigenvalue weighted by molar-refractivity contribution is 6.32. The third-order valence-electron chi connectivity index (χ3n) is 3.36. The maximum absolute atomic E-state index is 12.6. The van der Waals surface area contributed by atoms with E-state index in [1.54, 1.807) is 19.1 Å². The molecule has 0 saturated carbocycles. The van der Waals surface area contributed by atoms with Crippen LogP contribution in [0.3, 0.4) is 0 Å². The Kier molecular flexibility index (Phi) is 5.15. The molecule has 0 aliphatic heterocycles. The van der Waals surface area contributed by atoms with Gasteiger partial charge in [0, 0.05) is 12.0 Å². The van der Waals surface area contributed by atoms with E-state index in [1.807, 2.05) is 13.8 Å². The Morgan fingerprint density at radius 2 is 1.91 bits per heavy atom. The normalized spacial score (nSPS) is 10.7. The fourth-order valence-electron chi connectivity index (χ4n) is 2.20. The number of carbonyl (C=O) groups is 1. The number of benzene rings is 1. The average molecular weight is 339 g/mol. The third kappa shape index (κ3) is 3.42. The standard InChI is InChI=1S/C16H19ClN2O4/c1-8(2)15-14(9(3)19-23-15)16(20)18-11-6-10(17)12(21-4)7-13(11)22-5/h6-8H,1-5H3,(H,18,20). The molecule has 0 bridgehead atoms. The van der Waals surface area contributed by atoms with Crippen LogP contribution >= 0.6 is 11.6 Å². The van der Waals surface area contributed by atoms with Gasteiger partial charge >= 0.3 is 0 Å². The summed E-state index contributed by atoms with van der Waals surface area (Å²) in [4.78, 5) is 12.6. The van der Waals surface area contributed by atoms with Crippen molar-refractivity contribution in [3.8, 4) is 11.5 Å². The van der Waals surface area contributed by atoms with Crippen LogP contribution < -0.4 is 14.8 Å². The van der Waals surface area contributed by atoms with Gasteiger partial charge in [-0.1, -0.05) is 30.6 Å². The number of aryl methyl sites for hydroxylation is 1. The van der Waals surface area contributed by atoms with E-state index in [1.165, 1.54) is 14.2 Å².